The van der Waals surface area contributed by atoms with Gasteiger partial charge in [0.25, 0.3) is 0 Å². The first-order valence-electron chi connectivity index (χ1n) is 7.05. The summed E-state index contributed by atoms with van der Waals surface area (Å²) in [5.41, 5.74) is 0. The van der Waals surface area contributed by atoms with E-state index >= 15 is 0 Å². The Kier molecular flexibility index (Phi) is 5.92. The SMILES string of the molecule is OC[C@@H]1O[C@@](CO)(O[C@@H]2O[C@@H](CO)[C@@H](O)[C@H](O)[C@@H]2O)[C@@H](O)[C@@H]1O. The van der Waals surface area contributed by atoms with E-state index in [2.05, 4.69) is 0 Å². The van der Waals surface area contributed by atoms with Gasteiger partial charge in [-0.1, -0.05) is 0 Å². The van der Waals surface area contributed by atoms with Gasteiger partial charge in [0, 0.05) is 0 Å². The Morgan fingerprint density at radius 3 is 1.87 bits per heavy atom. The molecule has 8 N–H and O–H groups in total. The summed E-state index contributed by atoms with van der Waals surface area (Å²) in [7, 11) is 0. The number of aliphatic hydroxyl groups excluding tert-OH is 8. The summed E-state index contributed by atoms with van der Waals surface area (Å²) >= 11 is 0. The van der Waals surface area contributed by atoms with Crippen molar-refractivity contribution >= 4 is 0 Å². The third-order valence-corrected chi connectivity index (χ3v) is 4.07. The second-order valence-electron chi connectivity index (χ2n) is 5.56. The molecule has 2 heterocycles. The lowest BCUT2D eigenvalue weighted by atomic mass is 9.99. The third kappa shape index (κ3) is 3.23. The molecule has 11 heteroatoms. The zero-order chi connectivity index (χ0) is 17.4. The maximum Gasteiger partial charge on any atom is 0.224 e. The Bertz CT molecular complexity index is 393. The van der Waals surface area contributed by atoms with E-state index in [0.29, 0.717) is 0 Å². The van der Waals surface area contributed by atoms with Crippen molar-refractivity contribution in [3.05, 3.63) is 0 Å². The minimum Gasteiger partial charge on any atom is -0.394 e. The molecule has 0 radical (unpaired) electrons. The van der Waals surface area contributed by atoms with E-state index in [9.17, 15) is 30.6 Å². The smallest absolute Gasteiger partial charge is 0.224 e. The number of hydrogen-bond acceptors (Lipinski definition) is 11. The lowest BCUT2D eigenvalue weighted by Crippen LogP contribution is -2.62. The molecule has 2 fully saturated rings. The van der Waals surface area contributed by atoms with Crippen LogP contribution in [0, 0.1) is 0 Å². The van der Waals surface area contributed by atoms with Crippen LogP contribution in [0.5, 0.6) is 0 Å². The van der Waals surface area contributed by atoms with Crippen molar-refractivity contribution < 1.29 is 55.1 Å². The molecule has 2 saturated heterocycles. The highest BCUT2D eigenvalue weighted by atomic mass is 16.8. The van der Waals surface area contributed by atoms with Gasteiger partial charge in [0.2, 0.25) is 5.79 Å². The molecule has 136 valence electrons. The molecule has 9 atom stereocenters. The van der Waals surface area contributed by atoms with Crippen LogP contribution in [0.15, 0.2) is 0 Å². The standard InChI is InChI=1S/C12H22O11/c13-1-4-6(16)8(18)9(19)11(21-4)23-12(3-15)10(20)7(17)5(2-14)22-12/h4-11,13-20H,1-3H2/t4-,5-,6+,7+,8-,9-,10-,11-,12-/m0/s1. The predicted molar refractivity (Wildman–Crippen MR) is 68.6 cm³/mol. The van der Waals surface area contributed by atoms with Crippen molar-refractivity contribution in [3.8, 4) is 0 Å². The summed E-state index contributed by atoms with van der Waals surface area (Å²) in [6.45, 7) is -2.32. The Morgan fingerprint density at radius 2 is 1.39 bits per heavy atom. The van der Waals surface area contributed by atoms with Gasteiger partial charge >= 0.3 is 0 Å². The molecule has 0 aromatic rings. The molecular formula is C12H22O11. The van der Waals surface area contributed by atoms with Crippen molar-refractivity contribution in [2.24, 2.45) is 0 Å². The minimum absolute atomic E-state index is 0.669. The van der Waals surface area contributed by atoms with Crippen LogP contribution in [0.3, 0.4) is 0 Å². The zero-order valence-corrected chi connectivity index (χ0v) is 12.0. The molecule has 23 heavy (non-hydrogen) atoms. The maximum atomic E-state index is 10.00. The molecular weight excluding hydrogens is 320 g/mol. The van der Waals surface area contributed by atoms with E-state index in [-0.39, 0.29) is 0 Å². The lowest BCUT2D eigenvalue weighted by molar-refractivity contribution is -0.383. The van der Waals surface area contributed by atoms with Gasteiger partial charge in [-0.15, -0.1) is 0 Å². The summed E-state index contributed by atoms with van der Waals surface area (Å²) in [6.07, 6.45) is -12.7. The second kappa shape index (κ2) is 7.21. The van der Waals surface area contributed by atoms with Gasteiger partial charge in [-0.05, 0) is 0 Å². The minimum atomic E-state index is -2.22. The summed E-state index contributed by atoms with van der Waals surface area (Å²) in [5, 5.41) is 76.7. The Hall–Kier alpha value is -0.440. The third-order valence-electron chi connectivity index (χ3n) is 4.07. The van der Waals surface area contributed by atoms with Gasteiger partial charge in [0.05, 0.1) is 13.2 Å². The average Bonchev–Trinajstić information content (AvgIpc) is 2.80. The molecule has 2 rings (SSSR count). The van der Waals surface area contributed by atoms with Gasteiger partial charge in [0.1, 0.15) is 49.3 Å². The molecule has 0 saturated carbocycles. The molecule has 0 aromatic carbocycles. The number of aliphatic hydroxyl groups is 8. The largest absolute Gasteiger partial charge is 0.394 e. The van der Waals surface area contributed by atoms with Gasteiger partial charge in [-0.3, -0.25) is 0 Å². The highest BCUT2D eigenvalue weighted by Crippen LogP contribution is 2.35. The van der Waals surface area contributed by atoms with Crippen molar-refractivity contribution in [3.63, 3.8) is 0 Å². The summed E-state index contributed by atoms with van der Waals surface area (Å²) < 4.78 is 15.4. The van der Waals surface area contributed by atoms with Gasteiger partial charge in [-0.2, -0.15) is 0 Å². The van der Waals surface area contributed by atoms with Crippen molar-refractivity contribution in [2.45, 2.75) is 54.8 Å². The number of hydrogen-bond donors (Lipinski definition) is 8. The Morgan fingerprint density at radius 1 is 0.783 bits per heavy atom. The second-order valence-corrected chi connectivity index (χ2v) is 5.56. The van der Waals surface area contributed by atoms with E-state index < -0.39 is 74.6 Å². The average molecular weight is 342 g/mol. The van der Waals surface area contributed by atoms with E-state index in [1.807, 2.05) is 0 Å². The number of rotatable bonds is 5. The first-order valence-corrected chi connectivity index (χ1v) is 7.05. The molecule has 0 unspecified atom stereocenters. The summed E-state index contributed by atoms with van der Waals surface area (Å²) in [4.78, 5) is 0. The Balaban J connectivity index is 2.18. The van der Waals surface area contributed by atoms with Crippen LogP contribution >= 0.6 is 0 Å². The van der Waals surface area contributed by atoms with Crippen LogP contribution in [-0.4, -0.2) is 115 Å². The number of ether oxygens (including phenoxy) is 3. The Labute approximate surface area is 130 Å². The molecule has 2 aliphatic rings. The first kappa shape index (κ1) is 18.9. The topological polar surface area (TPSA) is 190 Å². The normalized spacial score (nSPS) is 51.1. The zero-order valence-electron chi connectivity index (χ0n) is 12.0. The molecule has 11 nitrogen and oxygen atoms in total. The van der Waals surface area contributed by atoms with Crippen LogP contribution in [0.25, 0.3) is 0 Å². The van der Waals surface area contributed by atoms with E-state index in [4.69, 9.17) is 24.4 Å². The fourth-order valence-corrected chi connectivity index (χ4v) is 2.63. The van der Waals surface area contributed by atoms with Crippen LogP contribution in [0.4, 0.5) is 0 Å². The molecule has 2 aliphatic heterocycles. The molecule has 0 bridgehead atoms. The van der Waals surface area contributed by atoms with Gasteiger partial charge in [0.15, 0.2) is 6.29 Å². The quantitative estimate of drug-likeness (QED) is 0.238. The highest BCUT2D eigenvalue weighted by Gasteiger charge is 2.58. The van der Waals surface area contributed by atoms with Crippen molar-refractivity contribution in [2.75, 3.05) is 19.8 Å². The monoisotopic (exact) mass is 342 g/mol. The highest BCUT2D eigenvalue weighted by molar-refractivity contribution is 4.98. The first-order chi connectivity index (χ1) is 10.8. The van der Waals surface area contributed by atoms with E-state index in [1.165, 1.54) is 0 Å². The van der Waals surface area contributed by atoms with Crippen LogP contribution in [-0.2, 0) is 14.2 Å². The van der Waals surface area contributed by atoms with Crippen molar-refractivity contribution in [1.29, 1.82) is 0 Å². The predicted octanol–water partition coefficient (Wildman–Crippen LogP) is -5.40. The molecule has 0 aliphatic carbocycles. The molecule has 0 aromatic heterocycles. The summed E-state index contributed by atoms with van der Waals surface area (Å²) in [6, 6.07) is 0. The van der Waals surface area contributed by atoms with Crippen molar-refractivity contribution in [1.82, 2.24) is 0 Å². The van der Waals surface area contributed by atoms with E-state index in [1.54, 1.807) is 0 Å². The van der Waals surface area contributed by atoms with Crippen LogP contribution in [0.2, 0.25) is 0 Å². The fourth-order valence-electron chi connectivity index (χ4n) is 2.63. The van der Waals surface area contributed by atoms with Crippen LogP contribution in [0.1, 0.15) is 0 Å². The molecule has 0 spiro atoms. The fraction of sp³-hybridized carbons (Fsp3) is 1.00. The van der Waals surface area contributed by atoms with E-state index in [0.717, 1.165) is 0 Å². The summed E-state index contributed by atoms with van der Waals surface area (Å²) in [5.74, 6) is -2.22. The van der Waals surface area contributed by atoms with Crippen LogP contribution < -0.4 is 0 Å². The lowest BCUT2D eigenvalue weighted by Gasteiger charge is -2.43. The molecule has 0 amide bonds. The maximum absolute atomic E-state index is 10.00. The van der Waals surface area contributed by atoms with Gasteiger partial charge < -0.3 is 55.1 Å². The van der Waals surface area contributed by atoms with Gasteiger partial charge in [-0.25, -0.2) is 0 Å².